The Labute approximate surface area is 95.4 Å². The summed E-state index contributed by atoms with van der Waals surface area (Å²) in [6, 6.07) is 4.18. The van der Waals surface area contributed by atoms with Gasteiger partial charge in [-0.15, -0.1) is 0 Å². The molecule has 1 saturated heterocycles. The number of nitrogens with one attached hydrogen (secondary N) is 1. The molecule has 15 heavy (non-hydrogen) atoms. The second-order valence-electron chi connectivity index (χ2n) is 3.33. The second-order valence-corrected chi connectivity index (χ2v) is 4.19. The van der Waals surface area contributed by atoms with Crippen molar-refractivity contribution in [2.45, 2.75) is 6.42 Å². The van der Waals surface area contributed by atoms with Gasteiger partial charge < -0.3 is 5.32 Å². The van der Waals surface area contributed by atoms with Crippen LogP contribution in [0, 0.1) is 5.82 Å². The van der Waals surface area contributed by atoms with Crippen LogP contribution in [0.15, 0.2) is 22.7 Å². The summed E-state index contributed by atoms with van der Waals surface area (Å²) in [5.74, 6) is -0.317. The van der Waals surface area contributed by atoms with Gasteiger partial charge in [-0.1, -0.05) is 0 Å². The number of amides is 2. The molecule has 2 rings (SSSR count). The van der Waals surface area contributed by atoms with Crippen molar-refractivity contribution in [2.24, 2.45) is 0 Å². The average Bonchev–Trinajstić information content (AvgIpc) is 2.20. The highest BCUT2D eigenvalue weighted by Crippen LogP contribution is 2.27. The van der Waals surface area contributed by atoms with Crippen molar-refractivity contribution in [1.29, 1.82) is 0 Å². The summed E-state index contributed by atoms with van der Waals surface area (Å²) >= 11 is 3.25. The summed E-state index contributed by atoms with van der Waals surface area (Å²) in [5, 5.41) is 2.74. The van der Waals surface area contributed by atoms with Crippen molar-refractivity contribution in [3.05, 3.63) is 28.5 Å². The topological polar surface area (TPSA) is 32.3 Å². The van der Waals surface area contributed by atoms with Gasteiger partial charge in [0.15, 0.2) is 0 Å². The molecule has 80 valence electrons. The summed E-state index contributed by atoms with van der Waals surface area (Å²) < 4.78 is 13.5. The highest BCUT2D eigenvalue weighted by molar-refractivity contribution is 9.10. The maximum atomic E-state index is 12.9. The molecule has 5 heteroatoms. The monoisotopic (exact) mass is 272 g/mol. The highest BCUT2D eigenvalue weighted by atomic mass is 79.9. The number of urea groups is 1. The van der Waals surface area contributed by atoms with Crippen molar-refractivity contribution in [3.8, 4) is 0 Å². The van der Waals surface area contributed by atoms with Crippen LogP contribution in [0.5, 0.6) is 0 Å². The van der Waals surface area contributed by atoms with Gasteiger partial charge >= 0.3 is 6.03 Å². The lowest BCUT2D eigenvalue weighted by Crippen LogP contribution is -2.46. The van der Waals surface area contributed by atoms with Gasteiger partial charge in [0.25, 0.3) is 0 Å². The van der Waals surface area contributed by atoms with Crippen LogP contribution in [0.25, 0.3) is 0 Å². The first kappa shape index (κ1) is 10.4. The molecule has 2 amide bonds. The molecule has 1 aliphatic rings. The molecule has 0 radical (unpaired) electrons. The SMILES string of the molecule is O=C1NCCCN1c1ccc(F)cc1Br. The van der Waals surface area contributed by atoms with Crippen LogP contribution in [-0.4, -0.2) is 19.1 Å². The number of rotatable bonds is 1. The maximum absolute atomic E-state index is 12.9. The highest BCUT2D eigenvalue weighted by Gasteiger charge is 2.20. The van der Waals surface area contributed by atoms with Crippen molar-refractivity contribution >= 4 is 27.6 Å². The molecule has 1 heterocycles. The van der Waals surface area contributed by atoms with E-state index in [9.17, 15) is 9.18 Å². The molecule has 1 aromatic carbocycles. The van der Waals surface area contributed by atoms with Gasteiger partial charge in [-0.25, -0.2) is 9.18 Å². The van der Waals surface area contributed by atoms with Gasteiger partial charge in [-0.3, -0.25) is 4.90 Å². The smallest absolute Gasteiger partial charge is 0.321 e. The molecule has 1 fully saturated rings. The van der Waals surface area contributed by atoms with E-state index in [4.69, 9.17) is 0 Å². The predicted molar refractivity (Wildman–Crippen MR) is 59.5 cm³/mol. The van der Waals surface area contributed by atoms with Crippen LogP contribution < -0.4 is 10.2 Å². The summed E-state index contributed by atoms with van der Waals surface area (Å²) in [6.07, 6.45) is 0.898. The second kappa shape index (κ2) is 4.18. The van der Waals surface area contributed by atoms with Crippen LogP contribution >= 0.6 is 15.9 Å². The summed E-state index contributed by atoms with van der Waals surface area (Å²) in [6.45, 7) is 1.37. The first-order chi connectivity index (χ1) is 7.18. The van der Waals surface area contributed by atoms with E-state index in [2.05, 4.69) is 21.2 Å². The zero-order valence-corrected chi connectivity index (χ0v) is 9.55. The van der Waals surface area contributed by atoms with E-state index >= 15 is 0 Å². The van der Waals surface area contributed by atoms with Gasteiger partial charge in [0.1, 0.15) is 5.82 Å². The number of carbonyl (C=O) groups excluding carboxylic acids is 1. The van der Waals surface area contributed by atoms with Crippen LogP contribution in [0.4, 0.5) is 14.9 Å². The van der Waals surface area contributed by atoms with E-state index in [0.717, 1.165) is 6.42 Å². The van der Waals surface area contributed by atoms with Gasteiger partial charge in [-0.2, -0.15) is 0 Å². The Morgan fingerprint density at radius 3 is 2.93 bits per heavy atom. The summed E-state index contributed by atoms with van der Waals surface area (Å²) in [5.41, 5.74) is 0.702. The van der Waals surface area contributed by atoms with Gasteiger partial charge in [-0.05, 0) is 40.5 Å². The lowest BCUT2D eigenvalue weighted by atomic mass is 10.2. The molecule has 0 bridgehead atoms. The minimum absolute atomic E-state index is 0.131. The third-order valence-electron chi connectivity index (χ3n) is 2.28. The Balaban J connectivity index is 2.31. The Bertz CT molecular complexity index is 397. The van der Waals surface area contributed by atoms with Crippen molar-refractivity contribution in [1.82, 2.24) is 5.32 Å². The number of halogens is 2. The Kier molecular flexibility index (Phi) is 2.90. The lowest BCUT2D eigenvalue weighted by molar-refractivity contribution is 0.243. The first-order valence-electron chi connectivity index (χ1n) is 4.69. The number of hydrogen-bond acceptors (Lipinski definition) is 1. The fraction of sp³-hybridized carbons (Fsp3) is 0.300. The van der Waals surface area contributed by atoms with E-state index in [0.29, 0.717) is 23.2 Å². The number of nitrogens with zero attached hydrogens (tertiary/aromatic N) is 1. The molecular formula is C10H10BrFN2O. The molecule has 1 aromatic rings. The maximum Gasteiger partial charge on any atom is 0.321 e. The standard InChI is InChI=1S/C10H10BrFN2O/c11-8-6-7(12)2-3-9(8)14-5-1-4-13-10(14)15/h2-3,6H,1,4-5H2,(H,13,15). The largest absolute Gasteiger partial charge is 0.338 e. The molecule has 3 nitrogen and oxygen atoms in total. The average molecular weight is 273 g/mol. The lowest BCUT2D eigenvalue weighted by Gasteiger charge is -2.28. The minimum atomic E-state index is -0.317. The van der Waals surface area contributed by atoms with E-state index in [-0.39, 0.29) is 11.8 Å². The number of carbonyl (C=O) groups is 1. The molecule has 0 spiro atoms. The predicted octanol–water partition coefficient (Wildman–Crippen LogP) is 2.51. The summed E-state index contributed by atoms with van der Waals surface area (Å²) in [7, 11) is 0. The van der Waals surface area contributed by atoms with Gasteiger partial charge in [0, 0.05) is 17.6 Å². The third kappa shape index (κ3) is 2.12. The molecule has 0 unspecified atom stereocenters. The quantitative estimate of drug-likeness (QED) is 0.837. The molecule has 1 N–H and O–H groups in total. The van der Waals surface area contributed by atoms with E-state index in [1.807, 2.05) is 0 Å². The molecular weight excluding hydrogens is 263 g/mol. The fourth-order valence-electron chi connectivity index (χ4n) is 1.56. The number of hydrogen-bond donors (Lipinski definition) is 1. The fourth-order valence-corrected chi connectivity index (χ4v) is 2.12. The normalized spacial score (nSPS) is 16.4. The van der Waals surface area contributed by atoms with Crippen LogP contribution in [-0.2, 0) is 0 Å². The number of anilines is 1. The molecule has 1 aliphatic heterocycles. The Morgan fingerprint density at radius 1 is 1.47 bits per heavy atom. The van der Waals surface area contributed by atoms with Gasteiger partial charge in [0.05, 0.1) is 5.69 Å². The molecule has 0 saturated carbocycles. The van der Waals surface area contributed by atoms with Crippen molar-refractivity contribution < 1.29 is 9.18 Å². The molecule has 0 aliphatic carbocycles. The first-order valence-corrected chi connectivity index (χ1v) is 5.48. The van der Waals surface area contributed by atoms with Crippen molar-refractivity contribution in [2.75, 3.05) is 18.0 Å². The zero-order chi connectivity index (χ0) is 10.8. The Hall–Kier alpha value is -1.10. The van der Waals surface area contributed by atoms with Crippen molar-refractivity contribution in [3.63, 3.8) is 0 Å². The minimum Gasteiger partial charge on any atom is -0.338 e. The summed E-state index contributed by atoms with van der Waals surface area (Å²) in [4.78, 5) is 13.1. The van der Waals surface area contributed by atoms with Crippen LogP contribution in [0.3, 0.4) is 0 Å². The van der Waals surface area contributed by atoms with E-state index in [1.54, 1.807) is 11.0 Å². The molecule has 0 atom stereocenters. The Morgan fingerprint density at radius 2 is 2.27 bits per heavy atom. The van der Waals surface area contributed by atoms with Crippen LogP contribution in [0.2, 0.25) is 0 Å². The van der Waals surface area contributed by atoms with Crippen LogP contribution in [0.1, 0.15) is 6.42 Å². The van der Waals surface area contributed by atoms with Gasteiger partial charge in [0.2, 0.25) is 0 Å². The molecule has 0 aromatic heterocycles. The van der Waals surface area contributed by atoms with E-state index in [1.165, 1.54) is 12.1 Å². The zero-order valence-electron chi connectivity index (χ0n) is 7.96. The third-order valence-corrected chi connectivity index (χ3v) is 2.92. The van der Waals surface area contributed by atoms with E-state index < -0.39 is 0 Å². The number of benzene rings is 1.